The number of nitrogens with one attached hydrogen (secondary N) is 2. The van der Waals surface area contributed by atoms with Crippen molar-refractivity contribution in [2.45, 2.75) is 38.3 Å². The third-order valence-electron chi connectivity index (χ3n) is 5.49. The molecule has 3 N–H and O–H groups in total. The molecule has 3 atom stereocenters. The summed E-state index contributed by atoms with van der Waals surface area (Å²) in [4.78, 5) is 8.56. The summed E-state index contributed by atoms with van der Waals surface area (Å²) in [5.41, 5.74) is 1.14. The minimum Gasteiger partial charge on any atom is -0.391 e. The zero-order valence-corrected chi connectivity index (χ0v) is 18.4. The summed E-state index contributed by atoms with van der Waals surface area (Å²) >= 11 is 1.85. The Hall–Kier alpha value is -1.89. The first-order chi connectivity index (χ1) is 14.2. The van der Waals surface area contributed by atoms with Crippen LogP contribution in [0.2, 0.25) is 0 Å². The first-order valence-electron chi connectivity index (χ1n) is 10.6. The van der Waals surface area contributed by atoms with Crippen molar-refractivity contribution in [1.82, 2.24) is 15.5 Å². The van der Waals surface area contributed by atoms with Crippen molar-refractivity contribution < 1.29 is 5.11 Å². The van der Waals surface area contributed by atoms with Crippen molar-refractivity contribution in [3.8, 4) is 0 Å². The quantitative estimate of drug-likeness (QED) is 0.458. The number of rotatable bonds is 8. The van der Waals surface area contributed by atoms with E-state index in [1.54, 1.807) is 0 Å². The van der Waals surface area contributed by atoms with Crippen LogP contribution in [0.4, 0.5) is 0 Å². The molecule has 29 heavy (non-hydrogen) atoms. The summed E-state index contributed by atoms with van der Waals surface area (Å²) in [5.74, 6) is 1.34. The molecule has 1 fully saturated rings. The number of aliphatic hydroxyl groups is 1. The van der Waals surface area contributed by atoms with E-state index in [0.29, 0.717) is 24.9 Å². The SMILES string of the molecule is CCNC(=NCC(O)Cc1ccccc1)NCC1CCCN(C)C1c1cccs1. The summed E-state index contributed by atoms with van der Waals surface area (Å²) in [6.45, 7) is 5.30. The number of likely N-dealkylation sites (tertiary alicyclic amines) is 1. The molecule has 1 aliphatic rings. The highest BCUT2D eigenvalue weighted by Gasteiger charge is 2.31. The monoisotopic (exact) mass is 414 g/mol. The van der Waals surface area contributed by atoms with Gasteiger partial charge in [-0.05, 0) is 56.3 Å². The molecule has 2 heterocycles. The van der Waals surface area contributed by atoms with Gasteiger partial charge in [0.2, 0.25) is 0 Å². The molecule has 0 amide bonds. The lowest BCUT2D eigenvalue weighted by molar-refractivity contribution is 0.125. The van der Waals surface area contributed by atoms with Crippen LogP contribution in [0.3, 0.4) is 0 Å². The normalized spacial score (nSPS) is 21.7. The van der Waals surface area contributed by atoms with Gasteiger partial charge in [-0.1, -0.05) is 36.4 Å². The van der Waals surface area contributed by atoms with Crippen LogP contribution in [-0.2, 0) is 6.42 Å². The van der Waals surface area contributed by atoms with E-state index in [4.69, 9.17) is 0 Å². The number of aliphatic imine (C=N–C) groups is 1. The van der Waals surface area contributed by atoms with Gasteiger partial charge >= 0.3 is 0 Å². The molecule has 158 valence electrons. The maximum Gasteiger partial charge on any atom is 0.191 e. The molecule has 0 bridgehead atoms. The van der Waals surface area contributed by atoms with Crippen LogP contribution in [0.15, 0.2) is 52.8 Å². The van der Waals surface area contributed by atoms with E-state index >= 15 is 0 Å². The van der Waals surface area contributed by atoms with E-state index in [2.05, 4.69) is 52.0 Å². The third kappa shape index (κ3) is 6.56. The maximum atomic E-state index is 10.4. The largest absolute Gasteiger partial charge is 0.391 e. The van der Waals surface area contributed by atoms with Crippen LogP contribution in [0, 0.1) is 5.92 Å². The predicted octanol–water partition coefficient (Wildman–Crippen LogP) is 3.29. The van der Waals surface area contributed by atoms with Crippen LogP contribution in [0.1, 0.15) is 36.2 Å². The van der Waals surface area contributed by atoms with Crippen LogP contribution >= 0.6 is 11.3 Å². The lowest BCUT2D eigenvalue weighted by Gasteiger charge is -2.39. The fourth-order valence-corrected chi connectivity index (χ4v) is 5.08. The Balaban J connectivity index is 1.57. The first kappa shape index (κ1) is 21.8. The van der Waals surface area contributed by atoms with E-state index < -0.39 is 6.10 Å². The van der Waals surface area contributed by atoms with Gasteiger partial charge in [0.25, 0.3) is 0 Å². The fraction of sp³-hybridized carbons (Fsp3) is 0.522. The summed E-state index contributed by atoms with van der Waals surface area (Å²) in [5, 5.41) is 19.4. The van der Waals surface area contributed by atoms with Crippen molar-refractivity contribution >= 4 is 17.3 Å². The molecule has 3 rings (SSSR count). The number of aliphatic hydroxyl groups excluding tert-OH is 1. The van der Waals surface area contributed by atoms with E-state index in [0.717, 1.165) is 31.2 Å². The smallest absolute Gasteiger partial charge is 0.191 e. The highest BCUT2D eigenvalue weighted by Crippen LogP contribution is 2.36. The van der Waals surface area contributed by atoms with Crippen LogP contribution < -0.4 is 10.6 Å². The standard InChI is InChI=1S/C23H34N4OS/c1-3-24-23(26-17-20(28)15-18-9-5-4-6-10-18)25-16-19-11-7-13-27(2)22(19)21-12-8-14-29-21/h4-6,8-10,12,14,19-20,22,28H,3,7,11,13,15-17H2,1-2H3,(H2,24,25,26). The van der Waals surface area contributed by atoms with Crippen molar-refractivity contribution in [2.75, 3.05) is 33.2 Å². The topological polar surface area (TPSA) is 59.9 Å². The van der Waals surface area contributed by atoms with Gasteiger partial charge in [0.15, 0.2) is 5.96 Å². The van der Waals surface area contributed by atoms with Gasteiger partial charge in [0.05, 0.1) is 12.6 Å². The van der Waals surface area contributed by atoms with Crippen molar-refractivity contribution in [3.05, 3.63) is 58.3 Å². The van der Waals surface area contributed by atoms with Crippen molar-refractivity contribution in [3.63, 3.8) is 0 Å². The minimum atomic E-state index is -0.479. The molecular weight excluding hydrogens is 380 g/mol. The maximum absolute atomic E-state index is 10.4. The van der Waals surface area contributed by atoms with Gasteiger partial charge in [-0.2, -0.15) is 0 Å². The van der Waals surface area contributed by atoms with Gasteiger partial charge in [0, 0.05) is 30.4 Å². The number of nitrogens with zero attached hydrogens (tertiary/aromatic N) is 2. The highest BCUT2D eigenvalue weighted by atomic mass is 32.1. The number of benzene rings is 1. The molecule has 6 heteroatoms. The average molecular weight is 415 g/mol. The zero-order valence-electron chi connectivity index (χ0n) is 17.6. The van der Waals surface area contributed by atoms with Gasteiger partial charge < -0.3 is 15.7 Å². The third-order valence-corrected chi connectivity index (χ3v) is 6.43. The fourth-order valence-electron chi connectivity index (χ4n) is 4.10. The number of guanidine groups is 1. The summed E-state index contributed by atoms with van der Waals surface area (Å²) < 4.78 is 0. The van der Waals surface area contributed by atoms with Crippen LogP contribution in [0.25, 0.3) is 0 Å². The zero-order chi connectivity index (χ0) is 20.5. The van der Waals surface area contributed by atoms with Crippen molar-refractivity contribution in [1.29, 1.82) is 0 Å². The Labute approximate surface area is 178 Å². The lowest BCUT2D eigenvalue weighted by Crippen LogP contribution is -2.45. The van der Waals surface area contributed by atoms with E-state index in [1.165, 1.54) is 17.7 Å². The second kappa shape index (κ2) is 11.3. The molecule has 1 aliphatic heterocycles. The summed E-state index contributed by atoms with van der Waals surface area (Å²) in [7, 11) is 2.23. The molecule has 0 spiro atoms. The van der Waals surface area contributed by atoms with E-state index in [1.807, 2.05) is 41.7 Å². The Morgan fingerprint density at radius 2 is 2.07 bits per heavy atom. The molecule has 1 aromatic carbocycles. The Bertz CT molecular complexity index is 735. The predicted molar refractivity (Wildman–Crippen MR) is 123 cm³/mol. The van der Waals surface area contributed by atoms with Gasteiger partial charge in [-0.15, -0.1) is 11.3 Å². The second-order valence-electron chi connectivity index (χ2n) is 7.79. The molecule has 2 aromatic rings. The second-order valence-corrected chi connectivity index (χ2v) is 8.77. The lowest BCUT2D eigenvalue weighted by atomic mass is 9.88. The Morgan fingerprint density at radius 3 is 2.79 bits per heavy atom. The molecule has 0 aliphatic carbocycles. The molecule has 5 nitrogen and oxygen atoms in total. The van der Waals surface area contributed by atoms with Crippen LogP contribution in [0.5, 0.6) is 0 Å². The molecule has 3 unspecified atom stereocenters. The number of hydrogen-bond acceptors (Lipinski definition) is 4. The van der Waals surface area contributed by atoms with E-state index in [9.17, 15) is 5.11 Å². The molecule has 0 radical (unpaired) electrons. The molecule has 0 saturated carbocycles. The van der Waals surface area contributed by atoms with Crippen molar-refractivity contribution in [2.24, 2.45) is 10.9 Å². The molecule has 1 saturated heterocycles. The van der Waals surface area contributed by atoms with E-state index in [-0.39, 0.29) is 0 Å². The van der Waals surface area contributed by atoms with Gasteiger partial charge in [-0.3, -0.25) is 9.89 Å². The summed E-state index contributed by atoms with van der Waals surface area (Å²) in [6, 6.07) is 14.9. The van der Waals surface area contributed by atoms with Gasteiger partial charge in [0.1, 0.15) is 0 Å². The number of hydrogen-bond donors (Lipinski definition) is 3. The Morgan fingerprint density at radius 1 is 1.24 bits per heavy atom. The highest BCUT2D eigenvalue weighted by molar-refractivity contribution is 7.10. The number of piperidine rings is 1. The Kier molecular flexibility index (Phi) is 8.52. The first-order valence-corrected chi connectivity index (χ1v) is 11.5. The number of thiophene rings is 1. The molecular formula is C23H34N4OS. The minimum absolute atomic E-state index is 0.392. The molecule has 1 aromatic heterocycles. The van der Waals surface area contributed by atoms with Gasteiger partial charge in [-0.25, -0.2) is 0 Å². The summed E-state index contributed by atoms with van der Waals surface area (Å²) in [6.07, 6.45) is 2.59. The van der Waals surface area contributed by atoms with Crippen LogP contribution in [-0.4, -0.2) is 55.3 Å². The average Bonchev–Trinajstić information content (AvgIpc) is 3.25.